The average molecular weight is 385 g/mol. The molecule has 4 rings (SSSR count). The Bertz CT molecular complexity index is 1050. The molecule has 0 bridgehead atoms. The number of aldehydes is 1. The average Bonchev–Trinajstić information content (AvgIpc) is 3.57. The maximum atomic E-state index is 13.1. The Hall–Kier alpha value is -3.40. The van der Waals surface area contributed by atoms with E-state index >= 15 is 0 Å². The van der Waals surface area contributed by atoms with Crippen LogP contribution in [-0.4, -0.2) is 19.3 Å². The SMILES string of the molecule is COc1ccc(C2(C(=O)Nc3ccc(C)c(-c4ccc(C=O)cc4)c3)CC2)cc1. The molecular weight excluding hydrogens is 362 g/mol. The highest BCUT2D eigenvalue weighted by Gasteiger charge is 2.51. The molecule has 3 aromatic carbocycles. The van der Waals surface area contributed by atoms with Crippen molar-refractivity contribution < 1.29 is 14.3 Å². The first kappa shape index (κ1) is 18.9. The van der Waals surface area contributed by atoms with Gasteiger partial charge in [0.15, 0.2) is 0 Å². The lowest BCUT2D eigenvalue weighted by Gasteiger charge is -2.17. The van der Waals surface area contributed by atoms with Crippen molar-refractivity contribution in [3.8, 4) is 16.9 Å². The van der Waals surface area contributed by atoms with Crippen molar-refractivity contribution >= 4 is 17.9 Å². The van der Waals surface area contributed by atoms with Gasteiger partial charge < -0.3 is 10.1 Å². The van der Waals surface area contributed by atoms with Crippen molar-refractivity contribution in [1.29, 1.82) is 0 Å². The lowest BCUT2D eigenvalue weighted by molar-refractivity contribution is -0.118. The largest absolute Gasteiger partial charge is 0.497 e. The number of amides is 1. The number of methoxy groups -OCH3 is 1. The summed E-state index contributed by atoms with van der Waals surface area (Å²) in [5.74, 6) is 0.808. The second kappa shape index (κ2) is 7.55. The summed E-state index contributed by atoms with van der Waals surface area (Å²) in [5, 5.41) is 3.11. The molecule has 1 aliphatic rings. The second-order valence-corrected chi connectivity index (χ2v) is 7.53. The van der Waals surface area contributed by atoms with Gasteiger partial charge >= 0.3 is 0 Å². The van der Waals surface area contributed by atoms with Crippen LogP contribution in [0.25, 0.3) is 11.1 Å². The number of hydrogen-bond donors (Lipinski definition) is 1. The number of aryl methyl sites for hydroxylation is 1. The van der Waals surface area contributed by atoms with E-state index in [0.717, 1.165) is 52.8 Å². The van der Waals surface area contributed by atoms with Crippen molar-refractivity contribution in [2.45, 2.75) is 25.2 Å². The molecule has 29 heavy (non-hydrogen) atoms. The van der Waals surface area contributed by atoms with Gasteiger partial charge in [-0.1, -0.05) is 42.5 Å². The molecule has 1 N–H and O–H groups in total. The molecule has 0 heterocycles. The van der Waals surface area contributed by atoms with Crippen LogP contribution in [0.2, 0.25) is 0 Å². The van der Waals surface area contributed by atoms with E-state index in [9.17, 15) is 9.59 Å². The van der Waals surface area contributed by atoms with Gasteiger partial charge in [-0.3, -0.25) is 9.59 Å². The highest BCUT2D eigenvalue weighted by Crippen LogP contribution is 2.49. The monoisotopic (exact) mass is 385 g/mol. The normalized spacial score (nSPS) is 14.1. The van der Waals surface area contributed by atoms with Crippen LogP contribution in [0.3, 0.4) is 0 Å². The minimum absolute atomic E-state index is 0.0220. The second-order valence-electron chi connectivity index (χ2n) is 7.53. The third-order valence-corrected chi connectivity index (χ3v) is 5.68. The summed E-state index contributed by atoms with van der Waals surface area (Å²) in [7, 11) is 1.63. The Kier molecular flexibility index (Phi) is 4.93. The molecule has 0 aliphatic heterocycles. The minimum atomic E-state index is -0.455. The highest BCUT2D eigenvalue weighted by atomic mass is 16.5. The van der Waals surface area contributed by atoms with Crippen molar-refractivity contribution in [3.05, 3.63) is 83.4 Å². The van der Waals surface area contributed by atoms with Crippen molar-refractivity contribution in [1.82, 2.24) is 0 Å². The van der Waals surface area contributed by atoms with Crippen LogP contribution in [0.1, 0.15) is 34.3 Å². The standard InChI is InChI=1S/C25H23NO3/c1-17-3-10-21(15-23(17)19-6-4-18(16-27)5-7-19)26-24(28)25(13-14-25)20-8-11-22(29-2)12-9-20/h3-12,15-16H,13-14H2,1-2H3,(H,26,28). The van der Waals surface area contributed by atoms with E-state index in [-0.39, 0.29) is 5.91 Å². The zero-order chi connectivity index (χ0) is 20.4. The van der Waals surface area contributed by atoms with E-state index in [1.807, 2.05) is 61.5 Å². The molecule has 1 aliphatic carbocycles. The molecule has 4 heteroatoms. The van der Waals surface area contributed by atoms with Gasteiger partial charge in [0.1, 0.15) is 12.0 Å². The molecule has 0 aromatic heterocycles. The number of rotatable bonds is 6. The van der Waals surface area contributed by atoms with E-state index in [2.05, 4.69) is 5.32 Å². The van der Waals surface area contributed by atoms with Crippen LogP contribution in [0.4, 0.5) is 5.69 Å². The summed E-state index contributed by atoms with van der Waals surface area (Å²) in [6.07, 6.45) is 2.52. The van der Waals surface area contributed by atoms with Crippen molar-refractivity contribution in [3.63, 3.8) is 0 Å². The van der Waals surface area contributed by atoms with Crippen molar-refractivity contribution in [2.75, 3.05) is 12.4 Å². The fraction of sp³-hybridized carbons (Fsp3) is 0.200. The van der Waals surface area contributed by atoms with Crippen LogP contribution in [0.5, 0.6) is 5.75 Å². The van der Waals surface area contributed by atoms with Gasteiger partial charge in [0, 0.05) is 11.3 Å². The third-order valence-electron chi connectivity index (χ3n) is 5.68. The quantitative estimate of drug-likeness (QED) is 0.597. The zero-order valence-electron chi connectivity index (χ0n) is 16.6. The number of benzene rings is 3. The molecule has 0 atom stereocenters. The Balaban J connectivity index is 1.57. The van der Waals surface area contributed by atoms with E-state index in [1.54, 1.807) is 19.2 Å². The fourth-order valence-electron chi connectivity index (χ4n) is 3.68. The number of hydrogen-bond acceptors (Lipinski definition) is 3. The molecule has 4 nitrogen and oxygen atoms in total. The Morgan fingerprint density at radius 1 is 1.00 bits per heavy atom. The molecule has 0 unspecified atom stereocenters. The minimum Gasteiger partial charge on any atom is -0.497 e. The first-order valence-corrected chi connectivity index (χ1v) is 9.68. The highest BCUT2D eigenvalue weighted by molar-refractivity contribution is 6.01. The summed E-state index contributed by atoms with van der Waals surface area (Å²) >= 11 is 0. The molecule has 146 valence electrons. The summed E-state index contributed by atoms with van der Waals surface area (Å²) in [6.45, 7) is 2.04. The van der Waals surface area contributed by atoms with E-state index in [0.29, 0.717) is 5.56 Å². The van der Waals surface area contributed by atoms with Crippen LogP contribution in [0.15, 0.2) is 66.7 Å². The number of carbonyl (C=O) groups is 2. The predicted molar refractivity (Wildman–Crippen MR) is 115 cm³/mol. The molecule has 1 fully saturated rings. The molecule has 3 aromatic rings. The van der Waals surface area contributed by atoms with Crippen LogP contribution in [0, 0.1) is 6.92 Å². The summed E-state index contributed by atoms with van der Waals surface area (Å²) in [6, 6.07) is 21.1. The van der Waals surface area contributed by atoms with E-state index < -0.39 is 5.41 Å². The zero-order valence-corrected chi connectivity index (χ0v) is 16.6. The maximum absolute atomic E-state index is 13.1. The molecule has 0 saturated heterocycles. The van der Waals surface area contributed by atoms with Gasteiger partial charge in [0.05, 0.1) is 12.5 Å². The van der Waals surface area contributed by atoms with Gasteiger partial charge in [-0.2, -0.15) is 0 Å². The lowest BCUT2D eigenvalue weighted by Crippen LogP contribution is -2.27. The van der Waals surface area contributed by atoms with Crippen LogP contribution in [-0.2, 0) is 10.2 Å². The maximum Gasteiger partial charge on any atom is 0.235 e. The van der Waals surface area contributed by atoms with Gasteiger partial charge in [-0.05, 0) is 66.3 Å². The molecule has 0 spiro atoms. The fourth-order valence-corrected chi connectivity index (χ4v) is 3.68. The predicted octanol–water partition coefficient (Wildman–Crippen LogP) is 5.15. The Labute approximate surface area is 170 Å². The molecule has 1 amide bonds. The summed E-state index contributed by atoms with van der Waals surface area (Å²) in [4.78, 5) is 24.0. The number of ether oxygens (including phenoxy) is 1. The van der Waals surface area contributed by atoms with E-state index in [4.69, 9.17) is 4.74 Å². The number of anilines is 1. The van der Waals surface area contributed by atoms with Gasteiger partial charge in [0.2, 0.25) is 5.91 Å². The lowest BCUT2D eigenvalue weighted by atomic mass is 9.94. The Morgan fingerprint density at radius 3 is 2.28 bits per heavy atom. The summed E-state index contributed by atoms with van der Waals surface area (Å²) < 4.78 is 5.22. The van der Waals surface area contributed by atoms with E-state index in [1.165, 1.54) is 0 Å². The number of carbonyl (C=O) groups excluding carboxylic acids is 2. The van der Waals surface area contributed by atoms with Crippen LogP contribution < -0.4 is 10.1 Å². The van der Waals surface area contributed by atoms with Crippen molar-refractivity contribution in [2.24, 2.45) is 0 Å². The van der Waals surface area contributed by atoms with Gasteiger partial charge in [-0.25, -0.2) is 0 Å². The first-order chi connectivity index (χ1) is 14.1. The molecular formula is C25H23NO3. The topological polar surface area (TPSA) is 55.4 Å². The smallest absolute Gasteiger partial charge is 0.235 e. The van der Waals surface area contributed by atoms with Gasteiger partial charge in [0.25, 0.3) is 0 Å². The molecule has 1 saturated carbocycles. The Morgan fingerprint density at radius 2 is 1.69 bits per heavy atom. The van der Waals surface area contributed by atoms with Crippen LogP contribution >= 0.6 is 0 Å². The van der Waals surface area contributed by atoms with Gasteiger partial charge in [-0.15, -0.1) is 0 Å². The number of nitrogens with one attached hydrogen (secondary N) is 1. The molecule has 0 radical (unpaired) electrons. The third kappa shape index (κ3) is 3.66. The first-order valence-electron chi connectivity index (χ1n) is 9.68. The summed E-state index contributed by atoms with van der Waals surface area (Å²) in [5.41, 5.74) is 5.14.